The van der Waals surface area contributed by atoms with Crippen molar-refractivity contribution < 1.29 is 24.3 Å². The largest absolute Gasteiger partial charge is 0.393 e. The standard InChI is InChI=1S/C45H54N6O5/c52-37(27-35(25-31-13-3-1-4-14-31)44(55)50-40-21-9-7-19-38(40)48-42(53)33-17-11-23-46-29-33)28-36(26-32-15-5-2-6-16-32)45(56)51-41-22-10-8-20-39(41)49-43(54)34-18-12-24-47-30-34/h1-6,11-18,23-24,29-30,35-41,52H,7-10,19-22,25-28H2,(H,48,53)(H,49,54)(H,50,55)(H,51,56)/t35-,36-,38+,39+,40+,41+/m1/s1. The van der Waals surface area contributed by atoms with Crippen LogP contribution in [0, 0.1) is 11.8 Å². The van der Waals surface area contributed by atoms with Crippen LogP contribution >= 0.6 is 0 Å². The van der Waals surface area contributed by atoms with Gasteiger partial charge in [-0.3, -0.25) is 29.1 Å². The van der Waals surface area contributed by atoms with Crippen LogP contribution in [0.4, 0.5) is 0 Å². The molecule has 2 aromatic heterocycles. The van der Waals surface area contributed by atoms with Crippen LogP contribution < -0.4 is 21.3 Å². The van der Waals surface area contributed by atoms with Crippen molar-refractivity contribution >= 4 is 23.6 Å². The second-order valence-corrected chi connectivity index (χ2v) is 15.3. The third-order valence-corrected chi connectivity index (χ3v) is 11.2. The Hall–Kier alpha value is -5.42. The van der Waals surface area contributed by atoms with Gasteiger partial charge in [0.1, 0.15) is 0 Å². The fourth-order valence-corrected chi connectivity index (χ4v) is 8.17. The van der Waals surface area contributed by atoms with Gasteiger partial charge in [-0.1, -0.05) is 86.3 Å². The molecule has 2 aliphatic carbocycles. The number of carbonyl (C=O) groups excluding carboxylic acids is 4. The quantitative estimate of drug-likeness (QED) is 0.103. The van der Waals surface area contributed by atoms with E-state index in [1.807, 2.05) is 60.7 Å². The minimum absolute atomic E-state index is 0.159. The molecule has 2 heterocycles. The maximum Gasteiger partial charge on any atom is 0.253 e. The highest BCUT2D eigenvalue weighted by Gasteiger charge is 2.34. The minimum Gasteiger partial charge on any atom is -0.393 e. The van der Waals surface area contributed by atoms with Gasteiger partial charge in [-0.25, -0.2) is 0 Å². The number of nitrogens with one attached hydrogen (secondary N) is 4. The summed E-state index contributed by atoms with van der Waals surface area (Å²) in [6, 6.07) is 25.4. The van der Waals surface area contributed by atoms with Gasteiger partial charge < -0.3 is 26.4 Å². The van der Waals surface area contributed by atoms with Crippen molar-refractivity contribution in [3.8, 4) is 0 Å². The Balaban J connectivity index is 1.14. The highest BCUT2D eigenvalue weighted by atomic mass is 16.3. The molecule has 0 spiro atoms. The summed E-state index contributed by atoms with van der Waals surface area (Å²) in [5.41, 5.74) is 2.88. The smallest absolute Gasteiger partial charge is 0.253 e. The van der Waals surface area contributed by atoms with Crippen LogP contribution in [0.5, 0.6) is 0 Å². The number of carbonyl (C=O) groups is 4. The lowest BCUT2D eigenvalue weighted by molar-refractivity contribution is -0.128. The number of pyridine rings is 2. The first kappa shape index (κ1) is 40.2. The molecule has 0 radical (unpaired) electrons. The van der Waals surface area contributed by atoms with E-state index < -0.39 is 17.9 Å². The Kier molecular flexibility index (Phi) is 14.7. The Labute approximate surface area is 329 Å². The molecule has 294 valence electrons. The van der Waals surface area contributed by atoms with Gasteiger partial charge in [-0.2, -0.15) is 0 Å². The summed E-state index contributed by atoms with van der Waals surface area (Å²) in [5.74, 6) is -1.96. The third-order valence-electron chi connectivity index (χ3n) is 11.2. The van der Waals surface area contributed by atoms with E-state index in [-0.39, 0.29) is 60.6 Å². The van der Waals surface area contributed by atoms with Crippen LogP contribution in [0.15, 0.2) is 110 Å². The van der Waals surface area contributed by atoms with E-state index in [1.54, 1.807) is 36.7 Å². The van der Waals surface area contributed by atoms with E-state index in [1.165, 1.54) is 12.4 Å². The molecule has 2 saturated carbocycles. The first-order chi connectivity index (χ1) is 27.3. The molecule has 0 unspecified atom stereocenters. The number of aromatic nitrogens is 2. The molecule has 6 atom stereocenters. The zero-order valence-electron chi connectivity index (χ0n) is 31.9. The van der Waals surface area contributed by atoms with Gasteiger partial charge in [0, 0.05) is 60.8 Å². The number of aliphatic hydroxyl groups excluding tert-OH is 1. The average molecular weight is 759 g/mol. The van der Waals surface area contributed by atoms with Crippen LogP contribution in [0.25, 0.3) is 0 Å². The molecule has 2 aromatic carbocycles. The van der Waals surface area contributed by atoms with Gasteiger partial charge in [0.05, 0.1) is 17.2 Å². The molecule has 56 heavy (non-hydrogen) atoms. The number of nitrogens with zero attached hydrogens (tertiary/aromatic N) is 2. The van der Waals surface area contributed by atoms with E-state index in [0.29, 0.717) is 24.0 Å². The molecular formula is C45H54N6O5. The van der Waals surface area contributed by atoms with Crippen molar-refractivity contribution in [3.05, 3.63) is 132 Å². The molecule has 11 heteroatoms. The van der Waals surface area contributed by atoms with Gasteiger partial charge >= 0.3 is 0 Å². The second-order valence-electron chi connectivity index (χ2n) is 15.3. The van der Waals surface area contributed by atoms with Gasteiger partial charge in [0.25, 0.3) is 11.8 Å². The van der Waals surface area contributed by atoms with Crippen molar-refractivity contribution in [1.29, 1.82) is 0 Å². The molecule has 2 fully saturated rings. The summed E-state index contributed by atoms with van der Waals surface area (Å²) >= 11 is 0. The van der Waals surface area contributed by atoms with Crippen molar-refractivity contribution in [2.24, 2.45) is 11.8 Å². The highest BCUT2D eigenvalue weighted by Crippen LogP contribution is 2.26. The second kappa shape index (κ2) is 20.5. The first-order valence-corrected chi connectivity index (χ1v) is 20.1. The van der Waals surface area contributed by atoms with Crippen LogP contribution in [0.2, 0.25) is 0 Å². The minimum atomic E-state index is -0.950. The van der Waals surface area contributed by atoms with E-state index >= 15 is 0 Å². The third kappa shape index (κ3) is 11.8. The summed E-state index contributed by atoms with van der Waals surface area (Å²) in [6.45, 7) is 0. The summed E-state index contributed by atoms with van der Waals surface area (Å²) in [6.07, 6.45) is 13.2. The molecule has 0 bridgehead atoms. The van der Waals surface area contributed by atoms with Crippen molar-refractivity contribution in [2.75, 3.05) is 0 Å². The van der Waals surface area contributed by atoms with E-state index in [9.17, 15) is 24.3 Å². The van der Waals surface area contributed by atoms with Crippen molar-refractivity contribution in [3.63, 3.8) is 0 Å². The van der Waals surface area contributed by atoms with Crippen LogP contribution in [-0.4, -0.2) is 69.0 Å². The molecule has 4 aromatic rings. The number of hydrogen-bond donors (Lipinski definition) is 5. The summed E-state index contributed by atoms with van der Waals surface area (Å²) in [5, 5.41) is 24.5. The molecule has 11 nitrogen and oxygen atoms in total. The average Bonchev–Trinajstić information content (AvgIpc) is 3.23. The molecule has 2 aliphatic rings. The number of benzene rings is 2. The van der Waals surface area contributed by atoms with Crippen LogP contribution in [-0.2, 0) is 22.4 Å². The normalized spacial score (nSPS) is 20.6. The lowest BCUT2D eigenvalue weighted by Gasteiger charge is -2.35. The van der Waals surface area contributed by atoms with Crippen molar-refractivity contribution in [1.82, 2.24) is 31.2 Å². The number of aliphatic hydroxyl groups is 1. The summed E-state index contributed by atoms with van der Waals surface area (Å²) in [7, 11) is 0. The SMILES string of the molecule is O=C(N[C@H]1CCCC[C@@H]1NC(=O)[C@H](Cc1ccccc1)CC(O)C[C@@H](Cc1ccccc1)C(=O)N[C@H]1CCCC[C@@H]1NC(=O)c1cccnc1)c1cccnc1. The highest BCUT2D eigenvalue weighted by molar-refractivity contribution is 5.94. The molecule has 5 N–H and O–H groups in total. The Morgan fingerprint density at radius 3 is 1.27 bits per heavy atom. The number of hydrogen-bond acceptors (Lipinski definition) is 7. The summed E-state index contributed by atoms with van der Waals surface area (Å²) in [4.78, 5) is 62.6. The van der Waals surface area contributed by atoms with Crippen molar-refractivity contribution in [2.45, 2.75) is 107 Å². The van der Waals surface area contributed by atoms with Gasteiger partial charge in [-0.15, -0.1) is 0 Å². The predicted octanol–water partition coefficient (Wildman–Crippen LogP) is 5.35. The lowest BCUT2D eigenvalue weighted by Crippen LogP contribution is -2.55. The monoisotopic (exact) mass is 758 g/mol. The van der Waals surface area contributed by atoms with Crippen LogP contribution in [0.1, 0.15) is 96.1 Å². The zero-order valence-corrected chi connectivity index (χ0v) is 31.9. The van der Waals surface area contributed by atoms with E-state index in [4.69, 9.17) is 0 Å². The lowest BCUT2D eigenvalue weighted by atomic mass is 9.85. The zero-order chi connectivity index (χ0) is 39.1. The maximum absolute atomic E-state index is 14.2. The fraction of sp³-hybridized carbons (Fsp3) is 0.422. The van der Waals surface area contributed by atoms with Gasteiger partial charge in [0.15, 0.2) is 0 Å². The Morgan fingerprint density at radius 2 is 0.911 bits per heavy atom. The van der Waals surface area contributed by atoms with Crippen LogP contribution in [0.3, 0.4) is 0 Å². The number of amides is 4. The molecule has 6 rings (SSSR count). The molecule has 4 amide bonds. The number of rotatable bonds is 16. The van der Waals surface area contributed by atoms with Gasteiger partial charge in [-0.05, 0) is 86.8 Å². The molecule has 0 saturated heterocycles. The topological polar surface area (TPSA) is 162 Å². The summed E-state index contributed by atoms with van der Waals surface area (Å²) < 4.78 is 0. The fourth-order valence-electron chi connectivity index (χ4n) is 8.17. The maximum atomic E-state index is 14.2. The van der Waals surface area contributed by atoms with E-state index in [2.05, 4.69) is 31.2 Å². The Morgan fingerprint density at radius 1 is 0.536 bits per heavy atom. The van der Waals surface area contributed by atoms with E-state index in [0.717, 1.165) is 62.5 Å². The molecule has 0 aliphatic heterocycles. The van der Waals surface area contributed by atoms with Gasteiger partial charge in [0.2, 0.25) is 11.8 Å². The Bertz CT molecular complexity index is 1710. The first-order valence-electron chi connectivity index (χ1n) is 20.1. The molecular weight excluding hydrogens is 705 g/mol. The predicted molar refractivity (Wildman–Crippen MR) is 214 cm³/mol.